The molecule has 0 saturated carbocycles. The summed E-state index contributed by atoms with van der Waals surface area (Å²) in [5, 5.41) is 13.1. The summed E-state index contributed by atoms with van der Waals surface area (Å²) >= 11 is 1.99. The van der Waals surface area contributed by atoms with E-state index in [9.17, 15) is 0 Å². The minimum atomic E-state index is -0.446. The lowest BCUT2D eigenvalue weighted by Crippen LogP contribution is -2.37. The molecule has 0 amide bonds. The van der Waals surface area contributed by atoms with Crippen molar-refractivity contribution in [3.63, 3.8) is 0 Å². The quantitative estimate of drug-likeness (QED) is 0.144. The molecule has 0 atom stereocenters. The molecule has 1 aliphatic rings. The van der Waals surface area contributed by atoms with Gasteiger partial charge in [-0.05, 0) is 134 Å². The van der Waals surface area contributed by atoms with Crippen LogP contribution < -0.4 is 0 Å². The molecule has 0 bridgehead atoms. The van der Waals surface area contributed by atoms with Gasteiger partial charge in [0.15, 0.2) is 0 Å². The van der Waals surface area contributed by atoms with Crippen molar-refractivity contribution < 1.29 is 0 Å². The summed E-state index contributed by atoms with van der Waals surface area (Å²) in [6.45, 7) is 0. The van der Waals surface area contributed by atoms with Crippen LogP contribution in [-0.4, -0.2) is 0 Å². The summed E-state index contributed by atoms with van der Waals surface area (Å²) in [6.07, 6.45) is 1.67. The number of benzene rings is 12. The third-order valence-corrected chi connectivity index (χ3v) is 15.5. The highest BCUT2D eigenvalue weighted by Crippen LogP contribution is 2.60. The van der Waals surface area contributed by atoms with E-state index in [0.29, 0.717) is 0 Å². The molecule has 12 aromatic rings. The van der Waals surface area contributed by atoms with Crippen molar-refractivity contribution in [1.82, 2.24) is 0 Å². The second-order valence-corrected chi connectivity index (χ2v) is 19.1. The number of hydrogen-bond acceptors (Lipinski definition) is 1. The minimum absolute atomic E-state index is 0.446. The van der Waals surface area contributed by atoms with E-state index in [0.717, 1.165) is 12.8 Å². The van der Waals surface area contributed by atoms with Crippen LogP contribution >= 0.6 is 11.8 Å². The molecule has 0 radical (unpaired) electrons. The van der Waals surface area contributed by atoms with Gasteiger partial charge < -0.3 is 0 Å². The van der Waals surface area contributed by atoms with E-state index in [2.05, 4.69) is 243 Å². The van der Waals surface area contributed by atoms with Crippen molar-refractivity contribution in [2.24, 2.45) is 0 Å². The zero-order chi connectivity index (χ0) is 43.6. The van der Waals surface area contributed by atoms with E-state index >= 15 is 0 Å². The minimum Gasteiger partial charge on any atom is -0.0881 e. The van der Waals surface area contributed by atoms with Crippen molar-refractivity contribution in [3.8, 4) is 33.4 Å². The average Bonchev–Trinajstić information content (AvgIpc) is 3.39. The molecule has 1 heterocycles. The smallest absolute Gasteiger partial charge is 0.0318 e. The molecule has 310 valence electrons. The maximum absolute atomic E-state index is 2.41. The predicted octanol–water partition coefficient (Wildman–Crippen LogP) is 17.7. The molecule has 1 aliphatic heterocycles. The van der Waals surface area contributed by atoms with E-state index in [1.54, 1.807) is 0 Å². The van der Waals surface area contributed by atoms with Crippen LogP contribution in [0.3, 0.4) is 0 Å². The molecular formula is C65H44S. The van der Waals surface area contributed by atoms with Crippen LogP contribution in [0.4, 0.5) is 0 Å². The van der Waals surface area contributed by atoms with Crippen LogP contribution in [-0.2, 0) is 18.3 Å². The molecule has 66 heavy (non-hydrogen) atoms. The van der Waals surface area contributed by atoms with E-state index in [-0.39, 0.29) is 0 Å². The Balaban J connectivity index is 1.03. The van der Waals surface area contributed by atoms with Gasteiger partial charge in [0.25, 0.3) is 0 Å². The first-order chi connectivity index (χ1) is 32.7. The summed E-state index contributed by atoms with van der Waals surface area (Å²) < 4.78 is 0. The first-order valence-electron chi connectivity index (χ1n) is 23.1. The van der Waals surface area contributed by atoms with E-state index < -0.39 is 5.41 Å². The van der Waals surface area contributed by atoms with Gasteiger partial charge in [-0.15, -0.1) is 0 Å². The third-order valence-electron chi connectivity index (χ3n) is 14.2. The molecule has 0 nitrogen and oxygen atoms in total. The molecule has 0 saturated heterocycles. The van der Waals surface area contributed by atoms with Crippen molar-refractivity contribution >= 4 is 65.6 Å². The summed E-state index contributed by atoms with van der Waals surface area (Å²) in [7, 11) is 0. The van der Waals surface area contributed by atoms with Gasteiger partial charge in [0.1, 0.15) is 0 Å². The lowest BCUT2D eigenvalue weighted by Gasteiger charge is -2.44. The second-order valence-electron chi connectivity index (χ2n) is 18.0. The fourth-order valence-corrected chi connectivity index (χ4v) is 12.8. The van der Waals surface area contributed by atoms with Crippen molar-refractivity contribution in [1.29, 1.82) is 0 Å². The number of hydrogen-bond donors (Lipinski definition) is 0. The Kier molecular flexibility index (Phi) is 9.25. The van der Waals surface area contributed by atoms with E-state index in [1.807, 2.05) is 11.8 Å². The van der Waals surface area contributed by atoms with Gasteiger partial charge in [-0.1, -0.05) is 242 Å². The standard InChI is InChI=1S/C65H44S/c1-3-15-45(16-4-1)47-31-27-43(28-32-47)41-65(42-44-29-33-48(34-30-44)50-36-38-51-39-49(35-37-52(51)40-50)46-17-5-2-6-18-46)61-57-23-11-7-19-53(57)55-21-9-13-25-59(55)63(61)66-64-60-26-14-10-22-56(60)54-20-8-12-24-58(54)62(64)65/h1-40H,41-42H2. The van der Waals surface area contributed by atoms with Crippen LogP contribution in [0.15, 0.2) is 252 Å². The van der Waals surface area contributed by atoms with Crippen LogP contribution in [0.5, 0.6) is 0 Å². The highest BCUT2D eigenvalue weighted by atomic mass is 32.2. The van der Waals surface area contributed by atoms with E-state index in [4.69, 9.17) is 0 Å². The number of fused-ring (bicyclic) bond motifs is 13. The van der Waals surface area contributed by atoms with Crippen LogP contribution in [0.1, 0.15) is 22.3 Å². The van der Waals surface area contributed by atoms with Gasteiger partial charge in [-0.25, -0.2) is 0 Å². The van der Waals surface area contributed by atoms with Crippen LogP contribution in [0.2, 0.25) is 0 Å². The Labute approximate surface area is 389 Å². The molecule has 0 aromatic heterocycles. The van der Waals surface area contributed by atoms with Gasteiger partial charge in [-0.3, -0.25) is 0 Å². The molecular weight excluding hydrogens is 813 g/mol. The monoisotopic (exact) mass is 856 g/mol. The Morgan fingerprint density at radius 1 is 0.258 bits per heavy atom. The fraction of sp³-hybridized carbons (Fsp3) is 0.0462. The van der Waals surface area contributed by atoms with Gasteiger partial charge in [0.2, 0.25) is 0 Å². The summed E-state index contributed by atoms with van der Waals surface area (Å²) in [5.41, 5.74) is 12.5. The average molecular weight is 857 g/mol. The molecule has 0 N–H and O–H groups in total. The molecule has 0 fully saturated rings. The lowest BCUT2D eigenvalue weighted by molar-refractivity contribution is 0.496. The zero-order valence-corrected chi connectivity index (χ0v) is 37.2. The molecule has 0 spiro atoms. The van der Waals surface area contributed by atoms with Crippen LogP contribution in [0.25, 0.3) is 87.2 Å². The SMILES string of the molecule is c1ccc(-c2ccc(CC3(Cc4ccc(-c5ccc6cc(-c7ccccc7)ccc6c5)cc4)c4c(c5ccccc5c5ccccc45)Sc4c3c3ccccc3c3ccccc43)cc2)cc1. The lowest BCUT2D eigenvalue weighted by atomic mass is 9.63. The van der Waals surface area contributed by atoms with Gasteiger partial charge in [0.05, 0.1) is 0 Å². The second kappa shape index (κ2) is 15.8. The Morgan fingerprint density at radius 2 is 0.561 bits per heavy atom. The first kappa shape index (κ1) is 38.7. The summed E-state index contributed by atoms with van der Waals surface area (Å²) in [5.74, 6) is 0. The molecule has 13 rings (SSSR count). The van der Waals surface area contributed by atoms with Gasteiger partial charge in [0, 0.05) is 15.2 Å². The predicted molar refractivity (Wildman–Crippen MR) is 282 cm³/mol. The van der Waals surface area contributed by atoms with E-state index in [1.165, 1.54) is 119 Å². The molecule has 12 aromatic carbocycles. The number of rotatable bonds is 7. The maximum atomic E-state index is 2.41. The Morgan fingerprint density at radius 3 is 0.985 bits per heavy atom. The summed E-state index contributed by atoms with van der Waals surface area (Å²) in [4.78, 5) is 2.75. The fourth-order valence-electron chi connectivity index (χ4n) is 11.2. The van der Waals surface area contributed by atoms with Crippen molar-refractivity contribution in [3.05, 3.63) is 265 Å². The van der Waals surface area contributed by atoms with Gasteiger partial charge in [-0.2, -0.15) is 0 Å². The van der Waals surface area contributed by atoms with Crippen molar-refractivity contribution in [2.45, 2.75) is 28.0 Å². The largest absolute Gasteiger partial charge is 0.0881 e. The highest BCUT2D eigenvalue weighted by Gasteiger charge is 2.45. The molecule has 0 unspecified atom stereocenters. The van der Waals surface area contributed by atoms with Crippen LogP contribution in [0, 0.1) is 0 Å². The maximum Gasteiger partial charge on any atom is 0.0318 e. The Bertz CT molecular complexity index is 3690. The normalized spacial score (nSPS) is 13.0. The zero-order valence-electron chi connectivity index (χ0n) is 36.4. The highest BCUT2D eigenvalue weighted by molar-refractivity contribution is 8.00. The molecule has 1 heteroatoms. The first-order valence-corrected chi connectivity index (χ1v) is 23.9. The Hall–Kier alpha value is -7.71. The molecule has 0 aliphatic carbocycles. The topological polar surface area (TPSA) is 0 Å². The van der Waals surface area contributed by atoms with Gasteiger partial charge >= 0.3 is 0 Å². The summed E-state index contributed by atoms with van der Waals surface area (Å²) in [6, 6.07) is 90.8. The van der Waals surface area contributed by atoms with Crippen molar-refractivity contribution in [2.75, 3.05) is 0 Å². The third kappa shape index (κ3) is 6.38.